The average molecular weight is 248 g/mol. The van der Waals surface area contributed by atoms with Crippen molar-refractivity contribution in [1.29, 1.82) is 0 Å². The predicted molar refractivity (Wildman–Crippen MR) is 61.3 cm³/mol. The maximum Gasteiger partial charge on any atom is 0.276 e. The van der Waals surface area contributed by atoms with Crippen molar-refractivity contribution in [2.24, 2.45) is 0 Å². The van der Waals surface area contributed by atoms with Crippen molar-refractivity contribution in [1.82, 2.24) is 15.0 Å². The highest BCUT2D eigenvalue weighted by atomic mass is 19.3. The number of hydrogen-bond acceptors (Lipinski definition) is 4. The zero-order valence-corrected chi connectivity index (χ0v) is 9.35. The van der Waals surface area contributed by atoms with Gasteiger partial charge in [0, 0.05) is 6.42 Å². The molecule has 0 saturated heterocycles. The number of nitrogens with zero attached hydrogens (tertiary/aromatic N) is 3. The molecule has 4 nitrogen and oxygen atoms in total. The maximum atomic E-state index is 14.0. The molecule has 2 aromatic rings. The predicted octanol–water partition coefficient (Wildman–Crippen LogP) is 2.22. The number of nitrogens with one attached hydrogen (secondary N) is 1. The minimum atomic E-state index is -2.84. The molecular weight excluding hydrogens is 238 g/mol. The summed E-state index contributed by atoms with van der Waals surface area (Å²) in [6.07, 6.45) is 2.29. The Balaban J connectivity index is 1.95. The summed E-state index contributed by atoms with van der Waals surface area (Å²) in [5.41, 5.74) is 1.26. The standard InChI is InChI=1S/C12H10F2N4/c13-12(14)5-8-3-1-2-4-9(8)10(12)18-11-16-6-15-7-17-11/h1-4,6-7,10H,5H2,(H,15,16,17,18)/t10-/m1/s1. The SMILES string of the molecule is FC1(F)Cc2ccccc2[C@H]1Nc1ncncn1. The normalized spacial score (nSPS) is 20.4. The van der Waals surface area contributed by atoms with Crippen LogP contribution in [0, 0.1) is 0 Å². The Hall–Kier alpha value is -2.11. The molecular formula is C12H10F2N4. The van der Waals surface area contributed by atoms with E-state index in [4.69, 9.17) is 0 Å². The second kappa shape index (κ2) is 3.97. The van der Waals surface area contributed by atoms with Gasteiger partial charge in [0.15, 0.2) is 0 Å². The lowest BCUT2D eigenvalue weighted by Crippen LogP contribution is -2.29. The molecule has 18 heavy (non-hydrogen) atoms. The third kappa shape index (κ3) is 1.79. The van der Waals surface area contributed by atoms with E-state index < -0.39 is 12.0 Å². The first-order valence-corrected chi connectivity index (χ1v) is 5.51. The van der Waals surface area contributed by atoms with Crippen molar-refractivity contribution < 1.29 is 8.78 Å². The largest absolute Gasteiger partial charge is 0.341 e. The van der Waals surface area contributed by atoms with Gasteiger partial charge >= 0.3 is 0 Å². The van der Waals surface area contributed by atoms with Crippen LogP contribution in [0.3, 0.4) is 0 Å². The number of halogens is 2. The molecule has 0 aliphatic heterocycles. The average Bonchev–Trinajstić information content (AvgIpc) is 2.62. The minimum absolute atomic E-state index is 0.159. The molecule has 0 saturated carbocycles. The Morgan fingerprint density at radius 3 is 2.67 bits per heavy atom. The molecule has 1 aromatic heterocycles. The molecule has 0 radical (unpaired) electrons. The Kier molecular flexibility index (Phi) is 2.43. The molecule has 3 rings (SSSR count). The molecule has 1 aromatic carbocycles. The van der Waals surface area contributed by atoms with Crippen LogP contribution in [0.4, 0.5) is 14.7 Å². The van der Waals surface area contributed by atoms with Crippen LogP contribution in [0.15, 0.2) is 36.9 Å². The molecule has 0 fully saturated rings. The van der Waals surface area contributed by atoms with Gasteiger partial charge in [-0.05, 0) is 11.1 Å². The Bertz CT molecular complexity index is 559. The van der Waals surface area contributed by atoms with Crippen molar-refractivity contribution in [2.75, 3.05) is 5.32 Å². The lowest BCUT2D eigenvalue weighted by molar-refractivity contribution is -0.00729. The highest BCUT2D eigenvalue weighted by molar-refractivity contribution is 5.43. The molecule has 92 valence electrons. The first kappa shape index (κ1) is 11.0. The summed E-state index contributed by atoms with van der Waals surface area (Å²) >= 11 is 0. The number of alkyl halides is 2. The monoisotopic (exact) mass is 248 g/mol. The van der Waals surface area contributed by atoms with E-state index in [9.17, 15) is 8.78 Å². The minimum Gasteiger partial charge on any atom is -0.341 e. The fraction of sp³-hybridized carbons (Fsp3) is 0.250. The second-order valence-corrected chi connectivity index (χ2v) is 4.18. The van der Waals surface area contributed by atoms with Crippen LogP contribution in [-0.2, 0) is 6.42 Å². The van der Waals surface area contributed by atoms with Crippen LogP contribution in [0.5, 0.6) is 0 Å². The molecule has 6 heteroatoms. The fourth-order valence-corrected chi connectivity index (χ4v) is 2.19. The topological polar surface area (TPSA) is 50.7 Å². The lowest BCUT2D eigenvalue weighted by atomic mass is 10.1. The summed E-state index contributed by atoms with van der Waals surface area (Å²) < 4.78 is 27.9. The van der Waals surface area contributed by atoms with Gasteiger partial charge in [-0.3, -0.25) is 0 Å². The third-order valence-corrected chi connectivity index (χ3v) is 2.98. The Morgan fingerprint density at radius 1 is 1.17 bits per heavy atom. The van der Waals surface area contributed by atoms with E-state index in [0.29, 0.717) is 11.1 Å². The van der Waals surface area contributed by atoms with Gasteiger partial charge < -0.3 is 5.32 Å². The molecule has 1 N–H and O–H groups in total. The van der Waals surface area contributed by atoms with E-state index in [-0.39, 0.29) is 12.4 Å². The first-order chi connectivity index (χ1) is 8.67. The Morgan fingerprint density at radius 2 is 1.89 bits per heavy atom. The maximum absolute atomic E-state index is 14.0. The highest BCUT2D eigenvalue weighted by Gasteiger charge is 2.47. The van der Waals surface area contributed by atoms with Crippen LogP contribution < -0.4 is 5.32 Å². The molecule has 0 bridgehead atoms. The molecule has 0 unspecified atom stereocenters. The summed E-state index contributed by atoms with van der Waals surface area (Å²) in [6, 6.07) is 5.85. The summed E-state index contributed by atoms with van der Waals surface area (Å²) in [6.45, 7) is 0. The fourth-order valence-electron chi connectivity index (χ4n) is 2.19. The van der Waals surface area contributed by atoms with Gasteiger partial charge in [0.1, 0.15) is 18.7 Å². The summed E-state index contributed by atoms with van der Waals surface area (Å²) in [4.78, 5) is 11.3. The highest BCUT2D eigenvalue weighted by Crippen LogP contribution is 2.44. The van der Waals surface area contributed by atoms with Gasteiger partial charge in [0.05, 0.1) is 0 Å². The van der Waals surface area contributed by atoms with Crippen LogP contribution >= 0.6 is 0 Å². The molecule has 0 amide bonds. The number of anilines is 1. The summed E-state index contributed by atoms with van der Waals surface area (Å²) in [5, 5.41) is 2.68. The van der Waals surface area contributed by atoms with Crippen molar-refractivity contribution >= 4 is 5.95 Å². The summed E-state index contributed by atoms with van der Waals surface area (Å²) in [7, 11) is 0. The molecule has 0 spiro atoms. The van der Waals surface area contributed by atoms with Gasteiger partial charge in [-0.2, -0.15) is 0 Å². The second-order valence-electron chi connectivity index (χ2n) is 4.18. The lowest BCUT2D eigenvalue weighted by Gasteiger charge is -2.20. The molecule has 1 aliphatic rings. The van der Waals surface area contributed by atoms with Gasteiger partial charge in [-0.25, -0.2) is 23.7 Å². The number of benzene rings is 1. The van der Waals surface area contributed by atoms with Crippen LogP contribution in [0.2, 0.25) is 0 Å². The van der Waals surface area contributed by atoms with E-state index >= 15 is 0 Å². The molecule has 1 atom stereocenters. The molecule has 1 heterocycles. The van der Waals surface area contributed by atoms with Crippen LogP contribution in [0.25, 0.3) is 0 Å². The van der Waals surface area contributed by atoms with E-state index in [2.05, 4.69) is 20.3 Å². The van der Waals surface area contributed by atoms with E-state index in [0.717, 1.165) is 0 Å². The van der Waals surface area contributed by atoms with Gasteiger partial charge in [0.2, 0.25) is 5.95 Å². The van der Waals surface area contributed by atoms with Crippen molar-refractivity contribution in [3.63, 3.8) is 0 Å². The zero-order chi connectivity index (χ0) is 12.6. The van der Waals surface area contributed by atoms with E-state index in [1.165, 1.54) is 12.7 Å². The number of fused-ring (bicyclic) bond motifs is 1. The zero-order valence-electron chi connectivity index (χ0n) is 9.35. The van der Waals surface area contributed by atoms with Gasteiger partial charge in [-0.1, -0.05) is 24.3 Å². The summed E-state index contributed by atoms with van der Waals surface area (Å²) in [5.74, 6) is -2.68. The molecule has 1 aliphatic carbocycles. The van der Waals surface area contributed by atoms with Crippen LogP contribution in [0.1, 0.15) is 17.2 Å². The van der Waals surface area contributed by atoms with E-state index in [1.54, 1.807) is 24.3 Å². The number of aromatic nitrogens is 3. The van der Waals surface area contributed by atoms with Gasteiger partial charge in [0.25, 0.3) is 5.92 Å². The third-order valence-electron chi connectivity index (χ3n) is 2.98. The van der Waals surface area contributed by atoms with E-state index in [1.807, 2.05) is 0 Å². The smallest absolute Gasteiger partial charge is 0.276 e. The first-order valence-electron chi connectivity index (χ1n) is 5.51. The van der Waals surface area contributed by atoms with Crippen molar-refractivity contribution in [2.45, 2.75) is 18.4 Å². The van der Waals surface area contributed by atoms with Crippen molar-refractivity contribution in [3.05, 3.63) is 48.0 Å². The van der Waals surface area contributed by atoms with Crippen LogP contribution in [-0.4, -0.2) is 20.9 Å². The van der Waals surface area contributed by atoms with Crippen molar-refractivity contribution in [3.8, 4) is 0 Å². The van der Waals surface area contributed by atoms with Gasteiger partial charge in [-0.15, -0.1) is 0 Å². The Labute approximate surface area is 102 Å². The number of rotatable bonds is 2. The quantitative estimate of drug-likeness (QED) is 0.885. The number of hydrogen-bond donors (Lipinski definition) is 1.